The zero-order chi connectivity index (χ0) is 19.4. The quantitative estimate of drug-likeness (QED) is 0.594. The molecule has 7 nitrogen and oxygen atoms in total. The summed E-state index contributed by atoms with van der Waals surface area (Å²) in [4.78, 5) is 11.5. The number of anilines is 1. The molecule has 0 spiro atoms. The van der Waals surface area contributed by atoms with Crippen molar-refractivity contribution in [2.45, 2.75) is 44.9 Å². The van der Waals surface area contributed by atoms with Crippen molar-refractivity contribution < 1.29 is 37.7 Å². The van der Waals surface area contributed by atoms with Crippen LogP contribution in [0, 0.1) is 0 Å². The van der Waals surface area contributed by atoms with Crippen molar-refractivity contribution in [1.29, 1.82) is 0 Å². The SMILES string of the molecule is CC(C)(C)OC(=O)NCC(O)C(O)c1cc(N)ccc1OC(F)(F)F. The van der Waals surface area contributed by atoms with Gasteiger partial charge in [0.15, 0.2) is 0 Å². The molecular formula is C15H21F3N2O5. The molecule has 1 amide bonds. The second kappa shape index (κ2) is 7.79. The highest BCUT2D eigenvalue weighted by molar-refractivity contribution is 5.67. The highest BCUT2D eigenvalue weighted by Crippen LogP contribution is 2.33. The van der Waals surface area contributed by atoms with Crippen molar-refractivity contribution in [3.63, 3.8) is 0 Å². The number of alkyl carbamates (subject to hydrolysis) is 1. The van der Waals surface area contributed by atoms with E-state index in [2.05, 4.69) is 10.1 Å². The molecule has 0 aliphatic carbocycles. The van der Waals surface area contributed by atoms with Crippen LogP contribution in [0.2, 0.25) is 0 Å². The summed E-state index contributed by atoms with van der Waals surface area (Å²) in [6.45, 7) is 4.43. The van der Waals surface area contributed by atoms with E-state index in [0.29, 0.717) is 0 Å². The average Bonchev–Trinajstić information content (AvgIpc) is 2.42. The van der Waals surface area contributed by atoms with Gasteiger partial charge in [0.25, 0.3) is 0 Å². The summed E-state index contributed by atoms with van der Waals surface area (Å²) in [6.07, 6.45) is -9.23. The molecule has 0 radical (unpaired) electrons. The zero-order valence-corrected chi connectivity index (χ0v) is 13.9. The Balaban J connectivity index is 2.82. The third kappa shape index (κ3) is 7.48. The fourth-order valence-corrected chi connectivity index (χ4v) is 1.84. The number of benzene rings is 1. The molecule has 0 aliphatic rings. The first-order valence-electron chi connectivity index (χ1n) is 7.26. The van der Waals surface area contributed by atoms with E-state index in [1.807, 2.05) is 0 Å². The van der Waals surface area contributed by atoms with Crippen LogP contribution in [0.1, 0.15) is 32.4 Å². The Morgan fingerprint density at radius 2 is 1.88 bits per heavy atom. The fraction of sp³-hybridized carbons (Fsp3) is 0.533. The predicted octanol–water partition coefficient (Wildman–Crippen LogP) is 2.09. The zero-order valence-electron chi connectivity index (χ0n) is 13.9. The number of ether oxygens (including phenoxy) is 2. The Hall–Kier alpha value is -2.20. The normalized spacial score (nSPS) is 14.6. The minimum atomic E-state index is -4.98. The minimum Gasteiger partial charge on any atom is -0.444 e. The van der Waals surface area contributed by atoms with Crippen molar-refractivity contribution in [1.82, 2.24) is 5.32 Å². The van der Waals surface area contributed by atoms with Crippen LogP contribution < -0.4 is 15.8 Å². The molecule has 2 unspecified atom stereocenters. The highest BCUT2D eigenvalue weighted by atomic mass is 19.4. The number of hydrogen-bond donors (Lipinski definition) is 4. The van der Waals surface area contributed by atoms with Gasteiger partial charge in [0.1, 0.15) is 23.6 Å². The number of aliphatic hydroxyl groups is 2. The average molecular weight is 366 g/mol. The van der Waals surface area contributed by atoms with Crippen LogP contribution in [-0.4, -0.2) is 40.9 Å². The lowest BCUT2D eigenvalue weighted by atomic mass is 10.0. The van der Waals surface area contributed by atoms with Crippen LogP contribution in [0.15, 0.2) is 18.2 Å². The molecule has 10 heteroatoms. The number of nitrogens with one attached hydrogen (secondary N) is 1. The van der Waals surface area contributed by atoms with Gasteiger partial charge in [0.2, 0.25) is 0 Å². The van der Waals surface area contributed by atoms with Crippen LogP contribution in [0.4, 0.5) is 23.7 Å². The van der Waals surface area contributed by atoms with Gasteiger partial charge in [0.05, 0.1) is 0 Å². The van der Waals surface area contributed by atoms with Gasteiger partial charge in [-0.3, -0.25) is 0 Å². The third-order valence-electron chi connectivity index (χ3n) is 2.80. The van der Waals surface area contributed by atoms with Gasteiger partial charge in [-0.2, -0.15) is 0 Å². The van der Waals surface area contributed by atoms with E-state index in [1.165, 1.54) is 0 Å². The molecule has 1 aromatic carbocycles. The summed E-state index contributed by atoms with van der Waals surface area (Å²) in [5.41, 5.74) is 4.43. The van der Waals surface area contributed by atoms with E-state index < -0.39 is 42.6 Å². The van der Waals surface area contributed by atoms with E-state index in [1.54, 1.807) is 20.8 Å². The number of halogens is 3. The maximum Gasteiger partial charge on any atom is 0.573 e. The molecule has 0 aromatic heterocycles. The number of carbonyl (C=O) groups excluding carboxylic acids is 1. The summed E-state index contributed by atoms with van der Waals surface area (Å²) in [5, 5.41) is 22.2. The summed E-state index contributed by atoms with van der Waals surface area (Å²) in [7, 11) is 0. The number of alkyl halides is 3. The second-order valence-electron chi connectivity index (χ2n) is 6.24. The first-order valence-corrected chi connectivity index (χ1v) is 7.26. The molecule has 1 aromatic rings. The summed E-state index contributed by atoms with van der Waals surface area (Å²) >= 11 is 0. The third-order valence-corrected chi connectivity index (χ3v) is 2.80. The van der Waals surface area contributed by atoms with Crippen LogP contribution in [0.5, 0.6) is 5.75 Å². The van der Waals surface area contributed by atoms with Crippen LogP contribution in [0.3, 0.4) is 0 Å². The topological polar surface area (TPSA) is 114 Å². The van der Waals surface area contributed by atoms with Crippen molar-refractivity contribution >= 4 is 11.8 Å². The highest BCUT2D eigenvalue weighted by Gasteiger charge is 2.34. The monoisotopic (exact) mass is 366 g/mol. The van der Waals surface area contributed by atoms with Gasteiger partial charge in [-0.15, -0.1) is 13.2 Å². The maximum absolute atomic E-state index is 12.4. The molecule has 0 fully saturated rings. The van der Waals surface area contributed by atoms with Gasteiger partial charge in [-0.25, -0.2) is 4.79 Å². The molecule has 1 rings (SSSR count). The maximum atomic E-state index is 12.4. The van der Waals surface area contributed by atoms with Crippen LogP contribution >= 0.6 is 0 Å². The van der Waals surface area contributed by atoms with E-state index >= 15 is 0 Å². The number of amides is 1. The number of hydrogen-bond acceptors (Lipinski definition) is 6. The Bertz CT molecular complexity index is 602. The lowest BCUT2D eigenvalue weighted by Gasteiger charge is -2.23. The van der Waals surface area contributed by atoms with Crippen LogP contribution in [0.25, 0.3) is 0 Å². The number of nitrogen functional groups attached to an aromatic ring is 1. The van der Waals surface area contributed by atoms with Crippen molar-refractivity contribution in [3.8, 4) is 5.75 Å². The first kappa shape index (κ1) is 20.8. The van der Waals surface area contributed by atoms with Crippen molar-refractivity contribution in [2.24, 2.45) is 0 Å². The number of nitrogens with two attached hydrogens (primary N) is 1. The number of rotatable bonds is 5. The number of aliphatic hydroxyl groups excluding tert-OH is 2. The predicted molar refractivity (Wildman–Crippen MR) is 82.7 cm³/mol. The molecule has 0 bridgehead atoms. The van der Waals surface area contributed by atoms with Gasteiger partial charge in [-0.05, 0) is 39.0 Å². The Labute approximate surface area is 142 Å². The largest absolute Gasteiger partial charge is 0.573 e. The molecule has 2 atom stereocenters. The molecule has 0 saturated carbocycles. The Morgan fingerprint density at radius 3 is 2.40 bits per heavy atom. The second-order valence-corrected chi connectivity index (χ2v) is 6.24. The van der Waals surface area contributed by atoms with Crippen molar-refractivity contribution in [2.75, 3.05) is 12.3 Å². The van der Waals surface area contributed by atoms with Gasteiger partial charge in [-0.1, -0.05) is 0 Å². The fourth-order valence-electron chi connectivity index (χ4n) is 1.84. The molecule has 0 heterocycles. The first-order chi connectivity index (χ1) is 11.3. The summed E-state index contributed by atoms with van der Waals surface area (Å²) in [5.74, 6) is -0.703. The van der Waals surface area contributed by atoms with E-state index in [0.717, 1.165) is 18.2 Å². The minimum absolute atomic E-state index is 0.0656. The lowest BCUT2D eigenvalue weighted by molar-refractivity contribution is -0.275. The lowest BCUT2D eigenvalue weighted by Crippen LogP contribution is -2.39. The summed E-state index contributed by atoms with van der Waals surface area (Å²) < 4.78 is 46.0. The van der Waals surface area contributed by atoms with Gasteiger partial charge in [0, 0.05) is 17.8 Å². The number of carbonyl (C=O) groups is 1. The van der Waals surface area contributed by atoms with Gasteiger partial charge < -0.3 is 30.7 Å². The molecule has 25 heavy (non-hydrogen) atoms. The molecule has 5 N–H and O–H groups in total. The molecule has 0 aliphatic heterocycles. The Kier molecular flexibility index (Phi) is 6.49. The smallest absolute Gasteiger partial charge is 0.444 e. The van der Waals surface area contributed by atoms with Crippen molar-refractivity contribution in [3.05, 3.63) is 23.8 Å². The molecular weight excluding hydrogens is 345 g/mol. The molecule has 0 saturated heterocycles. The van der Waals surface area contributed by atoms with E-state index in [9.17, 15) is 28.2 Å². The van der Waals surface area contributed by atoms with E-state index in [-0.39, 0.29) is 11.3 Å². The Morgan fingerprint density at radius 1 is 1.28 bits per heavy atom. The van der Waals surface area contributed by atoms with Gasteiger partial charge >= 0.3 is 12.5 Å². The van der Waals surface area contributed by atoms with E-state index in [4.69, 9.17) is 10.5 Å². The molecule has 142 valence electrons. The summed E-state index contributed by atoms with van der Waals surface area (Å²) in [6, 6.07) is 3.13. The standard InChI is InChI=1S/C15H21F3N2O5/c1-14(2,3)25-13(23)20-7-10(21)12(22)9-6-8(19)4-5-11(9)24-15(16,17)18/h4-6,10,12,21-22H,7,19H2,1-3H3,(H,20,23). The van der Waals surface area contributed by atoms with Crippen LogP contribution in [-0.2, 0) is 4.74 Å².